The van der Waals surface area contributed by atoms with E-state index < -0.39 is 15.4 Å². The summed E-state index contributed by atoms with van der Waals surface area (Å²) in [5.41, 5.74) is 3.30. The fourth-order valence-electron chi connectivity index (χ4n) is 9.20. The Labute approximate surface area is 227 Å². The molecule has 37 heavy (non-hydrogen) atoms. The Bertz CT molecular complexity index is 863. The second kappa shape index (κ2) is 11.7. The van der Waals surface area contributed by atoms with Crippen molar-refractivity contribution in [1.82, 2.24) is 19.6 Å². The molecule has 214 valence electrons. The third-order valence-corrected chi connectivity index (χ3v) is 13.6. The molecule has 0 spiro atoms. The van der Waals surface area contributed by atoms with Crippen LogP contribution in [0.5, 0.6) is 0 Å². The Morgan fingerprint density at radius 2 is 1.62 bits per heavy atom. The molecule has 2 saturated carbocycles. The maximum absolute atomic E-state index is 13.9. The van der Waals surface area contributed by atoms with Gasteiger partial charge in [0.2, 0.25) is 10.0 Å². The molecule has 0 radical (unpaired) electrons. The number of rotatable bonds is 6. The van der Waals surface area contributed by atoms with Gasteiger partial charge in [0.15, 0.2) is 0 Å². The Morgan fingerprint density at radius 3 is 2.30 bits per heavy atom. The number of ether oxygens (including phenoxy) is 1. The van der Waals surface area contributed by atoms with E-state index in [2.05, 4.69) is 31.1 Å². The predicted molar refractivity (Wildman–Crippen MR) is 149 cm³/mol. The van der Waals surface area contributed by atoms with Gasteiger partial charge in [-0.05, 0) is 100 Å². The molecule has 3 heterocycles. The van der Waals surface area contributed by atoms with Crippen molar-refractivity contribution in [3.8, 4) is 0 Å². The van der Waals surface area contributed by atoms with Gasteiger partial charge in [0.25, 0.3) is 0 Å². The molecule has 5 rings (SSSR count). The molecule has 8 heteroatoms. The monoisotopic (exact) mass is 538 g/mol. The molecule has 0 aromatic carbocycles. The topological polar surface area (TPSA) is 65.1 Å². The van der Waals surface area contributed by atoms with E-state index >= 15 is 0 Å². The Hall–Kier alpha value is -0.250. The minimum atomic E-state index is -3.39. The predicted octanol–water partition coefficient (Wildman–Crippen LogP) is 4.16. The van der Waals surface area contributed by atoms with Crippen LogP contribution < -0.4 is 5.43 Å². The van der Waals surface area contributed by atoms with Gasteiger partial charge in [-0.3, -0.25) is 10.3 Å². The van der Waals surface area contributed by atoms with Gasteiger partial charge in [0, 0.05) is 45.4 Å². The minimum absolute atomic E-state index is 0.198. The molecule has 5 fully saturated rings. The third-order valence-electron chi connectivity index (χ3n) is 11.4. The van der Waals surface area contributed by atoms with Crippen molar-refractivity contribution in [2.75, 3.05) is 40.4 Å². The van der Waals surface area contributed by atoms with Crippen LogP contribution in [0.2, 0.25) is 0 Å². The molecule has 2 aliphatic carbocycles. The first-order valence-corrected chi connectivity index (χ1v) is 16.9. The lowest BCUT2D eigenvalue weighted by atomic mass is 9.60. The minimum Gasteiger partial charge on any atom is -0.383 e. The molecule has 8 atom stereocenters. The van der Waals surface area contributed by atoms with E-state index in [1.54, 1.807) is 0 Å². The summed E-state index contributed by atoms with van der Waals surface area (Å²) in [5, 5.41) is 1.37. The van der Waals surface area contributed by atoms with Crippen LogP contribution in [0, 0.1) is 35.5 Å². The van der Waals surface area contributed by atoms with Crippen molar-refractivity contribution in [2.24, 2.45) is 35.5 Å². The molecule has 7 nitrogen and oxygen atoms in total. The van der Waals surface area contributed by atoms with Gasteiger partial charge in [0.1, 0.15) is 5.37 Å². The van der Waals surface area contributed by atoms with Crippen molar-refractivity contribution < 1.29 is 13.2 Å². The highest BCUT2D eigenvalue weighted by molar-refractivity contribution is 7.89. The summed E-state index contributed by atoms with van der Waals surface area (Å²) in [6, 6.07) is 0.981. The highest BCUT2D eigenvalue weighted by Gasteiger charge is 2.54. The lowest BCUT2D eigenvalue weighted by Gasteiger charge is -2.60. The average Bonchev–Trinajstić information content (AvgIpc) is 3.21. The maximum Gasteiger partial charge on any atom is 0.231 e. The lowest BCUT2D eigenvalue weighted by molar-refractivity contribution is -0.128. The highest BCUT2D eigenvalue weighted by atomic mass is 32.2. The third kappa shape index (κ3) is 5.54. The van der Waals surface area contributed by atoms with Crippen LogP contribution in [-0.2, 0) is 14.8 Å². The summed E-state index contributed by atoms with van der Waals surface area (Å²) in [4.78, 5) is 2.62. The van der Waals surface area contributed by atoms with Crippen LogP contribution in [0.1, 0.15) is 85.0 Å². The van der Waals surface area contributed by atoms with Crippen molar-refractivity contribution in [3.63, 3.8) is 0 Å². The van der Waals surface area contributed by atoms with Crippen molar-refractivity contribution in [1.29, 1.82) is 0 Å². The molecule has 0 bridgehead atoms. The normalized spacial score (nSPS) is 45.1. The average molecular weight is 539 g/mol. The van der Waals surface area contributed by atoms with Crippen molar-refractivity contribution in [2.45, 2.75) is 108 Å². The molecule has 0 aromatic rings. The van der Waals surface area contributed by atoms with Crippen LogP contribution >= 0.6 is 0 Å². The van der Waals surface area contributed by atoms with E-state index in [0.29, 0.717) is 43.4 Å². The quantitative estimate of drug-likeness (QED) is 0.548. The maximum atomic E-state index is 13.9. The van der Waals surface area contributed by atoms with Gasteiger partial charge in [-0.25, -0.2) is 13.4 Å². The first kappa shape index (κ1) is 28.3. The number of hydrogen-bond donors (Lipinski definition) is 1. The van der Waals surface area contributed by atoms with E-state index in [4.69, 9.17) is 4.74 Å². The lowest BCUT2D eigenvalue weighted by Crippen LogP contribution is -2.71. The van der Waals surface area contributed by atoms with Crippen LogP contribution in [0.3, 0.4) is 0 Å². The number of hydrazine groups is 1. The number of hydrogen-bond acceptors (Lipinski definition) is 6. The highest BCUT2D eigenvalue weighted by Crippen LogP contribution is 2.50. The van der Waals surface area contributed by atoms with Crippen LogP contribution in [0.4, 0.5) is 0 Å². The number of nitrogens with zero attached hydrogens (tertiary/aromatic N) is 3. The second-order valence-electron chi connectivity index (χ2n) is 13.5. The number of fused-ring (bicyclic) bond motifs is 1. The van der Waals surface area contributed by atoms with Gasteiger partial charge >= 0.3 is 0 Å². The van der Waals surface area contributed by atoms with E-state index in [0.717, 1.165) is 49.7 Å². The fraction of sp³-hybridized carbons (Fsp3) is 1.00. The van der Waals surface area contributed by atoms with Gasteiger partial charge in [-0.2, -0.15) is 4.31 Å². The summed E-state index contributed by atoms with van der Waals surface area (Å²) < 4.78 is 35.3. The van der Waals surface area contributed by atoms with Crippen molar-refractivity contribution in [3.05, 3.63) is 0 Å². The zero-order chi connectivity index (χ0) is 26.3. The standard InChI is InChI=1S/C29H54N4O3S/c1-20-9-8-10-25(22(20)3)23-11-13-24(14-12-23)29-26-18-32(15-6-7-16-33(26)27(29)19-36-5)37(34,35)28-17-21(2)30-31(28)4/h20-30H,6-19H2,1-5H3/t20?,21?,22?,23?,24?,25?,26?,27-,28?,29+/m1/s1. The van der Waals surface area contributed by atoms with Gasteiger partial charge in [-0.15, -0.1) is 0 Å². The van der Waals surface area contributed by atoms with E-state index in [1.807, 2.05) is 23.5 Å². The first-order chi connectivity index (χ1) is 17.7. The first-order valence-electron chi connectivity index (χ1n) is 15.4. The molecule has 5 aliphatic rings. The summed E-state index contributed by atoms with van der Waals surface area (Å²) in [5.74, 6) is 4.81. The van der Waals surface area contributed by atoms with E-state index in [-0.39, 0.29) is 6.04 Å². The largest absolute Gasteiger partial charge is 0.383 e. The van der Waals surface area contributed by atoms with Crippen LogP contribution in [0.15, 0.2) is 0 Å². The van der Waals surface area contributed by atoms with Crippen LogP contribution in [-0.4, -0.2) is 86.5 Å². The Balaban J connectivity index is 1.29. The van der Waals surface area contributed by atoms with E-state index in [1.165, 1.54) is 44.9 Å². The van der Waals surface area contributed by atoms with Gasteiger partial charge in [-0.1, -0.05) is 26.7 Å². The number of sulfonamides is 1. The summed E-state index contributed by atoms with van der Waals surface area (Å²) in [7, 11) is 0.330. The summed E-state index contributed by atoms with van der Waals surface area (Å²) >= 11 is 0. The summed E-state index contributed by atoms with van der Waals surface area (Å²) in [6.45, 7) is 10.2. The van der Waals surface area contributed by atoms with Gasteiger partial charge in [0.05, 0.1) is 6.61 Å². The molecule has 3 aliphatic heterocycles. The zero-order valence-electron chi connectivity index (χ0n) is 24.1. The Morgan fingerprint density at radius 1 is 0.919 bits per heavy atom. The number of nitrogens with one attached hydrogen (secondary N) is 1. The molecular formula is C29H54N4O3S. The fourth-order valence-corrected chi connectivity index (χ4v) is 11.3. The van der Waals surface area contributed by atoms with Crippen molar-refractivity contribution >= 4 is 10.0 Å². The molecular weight excluding hydrogens is 484 g/mol. The Kier molecular flexibility index (Phi) is 8.94. The summed E-state index contributed by atoms with van der Waals surface area (Å²) in [6.07, 6.45) is 12.3. The molecule has 0 aromatic heterocycles. The molecule has 0 amide bonds. The van der Waals surface area contributed by atoms with E-state index in [9.17, 15) is 8.42 Å². The van der Waals surface area contributed by atoms with Crippen LogP contribution in [0.25, 0.3) is 0 Å². The smallest absolute Gasteiger partial charge is 0.231 e. The molecule has 1 N–H and O–H groups in total. The molecule has 6 unspecified atom stereocenters. The van der Waals surface area contributed by atoms with Gasteiger partial charge < -0.3 is 4.74 Å². The SMILES string of the molecule is COC[C@@H]1[C@@H](C2CCC(C3CCCC(C)C3C)CC2)C2CN(S(=O)(=O)C3CC(C)NN3C)CCCCN21. The zero-order valence-corrected chi connectivity index (χ0v) is 25.0. The second-order valence-corrected chi connectivity index (χ2v) is 15.5. The number of methoxy groups -OCH3 is 1. The molecule has 3 saturated heterocycles.